The van der Waals surface area contributed by atoms with Gasteiger partial charge in [0.05, 0.1) is 66.2 Å². The number of fused-ring (bicyclic) bond motifs is 27. The van der Waals surface area contributed by atoms with Crippen LogP contribution < -0.4 is 0 Å². The van der Waals surface area contributed by atoms with Gasteiger partial charge in [-0.15, -0.1) is 0 Å². The van der Waals surface area contributed by atoms with Crippen LogP contribution in [0.2, 0.25) is 0 Å². The van der Waals surface area contributed by atoms with E-state index in [2.05, 4.69) is 382 Å². The minimum atomic E-state index is 0.805. The highest BCUT2D eigenvalue weighted by molar-refractivity contribution is 6.27. The van der Waals surface area contributed by atoms with Crippen LogP contribution in [0.4, 0.5) is 0 Å². The number of benzene rings is 20. The van der Waals surface area contributed by atoms with E-state index in [4.69, 9.17) is 19.9 Å². The van der Waals surface area contributed by atoms with Gasteiger partial charge in [-0.25, -0.2) is 19.9 Å². The molecule has 0 unspecified atom stereocenters. The Labute approximate surface area is 663 Å². The van der Waals surface area contributed by atoms with E-state index in [0.717, 1.165) is 100 Å². The molecule has 536 valence electrons. The molecule has 8 nitrogen and oxygen atoms in total. The first-order valence-electron chi connectivity index (χ1n) is 39.7. The fraction of sp³-hybridized carbons (Fsp3) is 0. The monoisotopic (exact) mass is 1470 g/mol. The Bertz CT molecular complexity index is 8720. The van der Waals surface area contributed by atoms with Crippen molar-refractivity contribution in [3.63, 3.8) is 0 Å². The zero-order chi connectivity index (χ0) is 75.8. The maximum absolute atomic E-state index is 5.55. The van der Waals surface area contributed by atoms with Crippen LogP contribution in [0.1, 0.15) is 0 Å². The Morgan fingerprint density at radius 3 is 0.991 bits per heavy atom. The topological polar surface area (TPSA) is 71.3 Å². The van der Waals surface area contributed by atoms with Crippen molar-refractivity contribution in [3.05, 3.63) is 388 Å². The number of para-hydroxylation sites is 6. The maximum atomic E-state index is 5.55. The molecule has 0 saturated heterocycles. The van der Waals surface area contributed by atoms with Gasteiger partial charge in [-0.2, -0.15) is 0 Å². The molecular weight excluding hydrogens is 1410 g/mol. The normalized spacial score (nSPS) is 12.1. The van der Waals surface area contributed by atoms with Crippen molar-refractivity contribution in [2.24, 2.45) is 0 Å². The summed E-state index contributed by atoms with van der Waals surface area (Å²) in [5, 5.41) is 29.3. The Hall–Kier alpha value is -15.6. The quantitative estimate of drug-likeness (QED) is 0.156. The fourth-order valence-electron chi connectivity index (χ4n) is 19.3. The summed E-state index contributed by atoms with van der Waals surface area (Å²) in [5.74, 6) is 1.62. The van der Waals surface area contributed by atoms with Crippen molar-refractivity contribution in [2.75, 3.05) is 0 Å². The van der Waals surface area contributed by atoms with E-state index in [9.17, 15) is 0 Å². The molecule has 0 spiro atoms. The van der Waals surface area contributed by atoms with Crippen molar-refractivity contribution in [1.29, 1.82) is 0 Å². The molecule has 0 aliphatic rings. The first-order valence-corrected chi connectivity index (χ1v) is 39.7. The summed E-state index contributed by atoms with van der Waals surface area (Å²) >= 11 is 0. The minimum Gasteiger partial charge on any atom is -0.309 e. The van der Waals surface area contributed by atoms with Gasteiger partial charge in [0.2, 0.25) is 0 Å². The molecule has 0 aliphatic carbocycles. The summed E-state index contributed by atoms with van der Waals surface area (Å²) in [6.45, 7) is 0. The predicted molar refractivity (Wildman–Crippen MR) is 487 cm³/mol. The molecule has 20 aromatic carbocycles. The van der Waals surface area contributed by atoms with Crippen LogP contribution in [-0.4, -0.2) is 38.2 Å². The van der Waals surface area contributed by atoms with Gasteiger partial charge >= 0.3 is 0 Å². The first-order chi connectivity index (χ1) is 57.5. The van der Waals surface area contributed by atoms with Gasteiger partial charge in [0.1, 0.15) is 11.4 Å². The standard InChI is InChI=1S/C58H34N4.C50H30N4/c1-2-15-37-33-55-48(31-36(37)14-1)49-34-39(61-52-24-12-9-21-46(52)56-40-16-4-3-13-35(40)26-29-54(56)61)27-30-53(49)62(55)58-57(59-50-22-10-11-23-51(50)60-58)38-25-28-45-43-19-6-5-17-41(43)42-18-7-8-20-44(42)47(45)32-38;1-2-15-34-29-47-40(28-33(34)14-1)41-30-35(53-44-23-10-7-19-39(44)48-37-18-6-4-13-32(37)24-26-46(48)53)25-27-45(41)54(47)50-49(51-42-21-8-9-22-43(42)52-50)38-20-11-16-31-12-3-5-17-36(31)38/h1-34H;1-30H. The summed E-state index contributed by atoms with van der Waals surface area (Å²) in [4.78, 5) is 21.9. The smallest absolute Gasteiger partial charge is 0.165 e. The Kier molecular flexibility index (Phi) is 13.8. The molecular formula is C108H64N8. The van der Waals surface area contributed by atoms with E-state index in [1.807, 2.05) is 24.3 Å². The number of nitrogens with zero attached hydrogens (tertiary/aromatic N) is 8. The lowest BCUT2D eigenvalue weighted by molar-refractivity contribution is 1.08. The lowest BCUT2D eigenvalue weighted by atomic mass is 9.93. The molecule has 26 aromatic rings. The van der Waals surface area contributed by atoms with Gasteiger partial charge in [0, 0.05) is 65.6 Å². The molecule has 0 atom stereocenters. The van der Waals surface area contributed by atoms with Gasteiger partial charge in [0.15, 0.2) is 11.6 Å². The van der Waals surface area contributed by atoms with Crippen molar-refractivity contribution < 1.29 is 0 Å². The van der Waals surface area contributed by atoms with E-state index in [1.54, 1.807) is 0 Å². The summed E-state index contributed by atoms with van der Waals surface area (Å²) < 4.78 is 9.57. The number of aromatic nitrogens is 8. The molecule has 6 heterocycles. The third-order valence-electron chi connectivity index (χ3n) is 24.5. The van der Waals surface area contributed by atoms with Crippen molar-refractivity contribution in [2.45, 2.75) is 0 Å². The van der Waals surface area contributed by atoms with E-state index >= 15 is 0 Å². The van der Waals surface area contributed by atoms with Gasteiger partial charge in [-0.1, -0.05) is 273 Å². The van der Waals surface area contributed by atoms with Gasteiger partial charge in [-0.3, -0.25) is 9.13 Å². The average Bonchev–Trinajstić information content (AvgIpc) is 1.57. The van der Waals surface area contributed by atoms with Crippen LogP contribution in [0.25, 0.3) is 241 Å². The Morgan fingerprint density at radius 1 is 0.164 bits per heavy atom. The molecule has 0 N–H and O–H groups in total. The molecule has 0 saturated carbocycles. The summed E-state index contributed by atoms with van der Waals surface area (Å²) in [5.41, 5.74) is 18.6. The molecule has 0 fully saturated rings. The fourth-order valence-corrected chi connectivity index (χ4v) is 19.3. The highest BCUT2D eigenvalue weighted by Gasteiger charge is 2.27. The van der Waals surface area contributed by atoms with E-state index in [-0.39, 0.29) is 0 Å². The largest absolute Gasteiger partial charge is 0.309 e. The second-order valence-electron chi connectivity index (χ2n) is 30.7. The van der Waals surface area contributed by atoms with E-state index < -0.39 is 0 Å². The summed E-state index contributed by atoms with van der Waals surface area (Å²) in [6.07, 6.45) is 0. The van der Waals surface area contributed by atoms with Crippen LogP contribution >= 0.6 is 0 Å². The average molecular weight is 1470 g/mol. The Balaban J connectivity index is 0.000000131. The van der Waals surface area contributed by atoms with Crippen LogP contribution in [0.3, 0.4) is 0 Å². The van der Waals surface area contributed by atoms with Gasteiger partial charge < -0.3 is 9.13 Å². The highest BCUT2D eigenvalue weighted by Crippen LogP contribution is 2.47. The summed E-state index contributed by atoms with van der Waals surface area (Å²) in [7, 11) is 0. The highest BCUT2D eigenvalue weighted by atomic mass is 15.1. The minimum absolute atomic E-state index is 0.805. The molecule has 6 aromatic heterocycles. The third kappa shape index (κ3) is 9.56. The third-order valence-corrected chi connectivity index (χ3v) is 24.5. The second-order valence-corrected chi connectivity index (χ2v) is 30.7. The number of hydrogen-bond donors (Lipinski definition) is 0. The zero-order valence-corrected chi connectivity index (χ0v) is 62.5. The predicted octanol–water partition coefficient (Wildman–Crippen LogP) is 28.2. The van der Waals surface area contributed by atoms with Crippen LogP contribution in [0, 0.1) is 0 Å². The van der Waals surface area contributed by atoms with Crippen molar-refractivity contribution >= 4 is 195 Å². The first kappa shape index (κ1) is 64.1. The Morgan fingerprint density at radius 2 is 0.500 bits per heavy atom. The molecule has 0 amide bonds. The molecule has 0 aliphatic heterocycles. The van der Waals surface area contributed by atoms with Crippen molar-refractivity contribution in [1.82, 2.24) is 38.2 Å². The number of hydrogen-bond acceptors (Lipinski definition) is 4. The molecule has 8 heteroatoms. The van der Waals surface area contributed by atoms with Crippen LogP contribution in [0.15, 0.2) is 388 Å². The zero-order valence-electron chi connectivity index (χ0n) is 62.5. The van der Waals surface area contributed by atoms with Crippen molar-refractivity contribution in [3.8, 4) is 45.5 Å². The second kappa shape index (κ2) is 24.9. The van der Waals surface area contributed by atoms with Crippen LogP contribution in [0.5, 0.6) is 0 Å². The molecule has 0 bridgehead atoms. The lowest BCUT2D eigenvalue weighted by Gasteiger charge is -2.16. The summed E-state index contributed by atoms with van der Waals surface area (Å²) in [6, 6.07) is 140. The SMILES string of the molecule is c1ccc2cc3c(cc2c1)c1cc(-n2c4ccccc4c4c5ccccc5ccc42)ccc1n3-c1nc2ccccc2nc1-c1ccc2c3ccccc3c3ccccc3c2c1.c1ccc2cc3c(cc2c1)c1cc(-n2c4ccccc4c4c5ccccc5ccc42)ccc1n3-c1nc2ccccc2nc1-c1cccc2ccccc12. The molecule has 26 rings (SSSR count). The van der Waals surface area contributed by atoms with Gasteiger partial charge in [-0.05, 0) is 201 Å². The maximum Gasteiger partial charge on any atom is 0.165 e. The van der Waals surface area contributed by atoms with E-state index in [1.165, 1.54) is 141 Å². The number of rotatable bonds is 6. The van der Waals surface area contributed by atoms with Crippen LogP contribution in [-0.2, 0) is 0 Å². The lowest BCUT2D eigenvalue weighted by Crippen LogP contribution is -2.04. The van der Waals surface area contributed by atoms with E-state index in [0.29, 0.717) is 0 Å². The van der Waals surface area contributed by atoms with Gasteiger partial charge in [0.25, 0.3) is 0 Å². The molecule has 0 radical (unpaired) electrons. The molecule has 116 heavy (non-hydrogen) atoms.